The molecular weight excluding hydrogens is 266 g/mol. The summed E-state index contributed by atoms with van der Waals surface area (Å²) in [6, 6.07) is 11.6. The number of nitrogens with zero attached hydrogens (tertiary/aromatic N) is 4. The van der Waals surface area contributed by atoms with E-state index in [9.17, 15) is 5.26 Å². The fourth-order valence-electron chi connectivity index (χ4n) is 2.00. The van der Waals surface area contributed by atoms with Gasteiger partial charge in [0.2, 0.25) is 0 Å². The lowest BCUT2D eigenvalue weighted by atomic mass is 10.1. The van der Waals surface area contributed by atoms with Crippen molar-refractivity contribution in [2.45, 2.75) is 12.8 Å². The number of nitrogen functional groups attached to an aromatic ring is 1. The van der Waals surface area contributed by atoms with Gasteiger partial charge < -0.3 is 17.2 Å². The van der Waals surface area contributed by atoms with E-state index in [0.29, 0.717) is 36.5 Å². The summed E-state index contributed by atoms with van der Waals surface area (Å²) in [5.74, 6) is 0.408. The van der Waals surface area contributed by atoms with Gasteiger partial charge in [0, 0.05) is 6.54 Å². The Morgan fingerprint density at radius 2 is 2.00 bits per heavy atom. The monoisotopic (exact) mass is 283 g/mol. The Labute approximate surface area is 122 Å². The van der Waals surface area contributed by atoms with Crippen LogP contribution in [0.5, 0.6) is 0 Å². The second-order valence-electron chi connectivity index (χ2n) is 4.48. The Hall–Kier alpha value is -3.01. The Morgan fingerprint density at radius 3 is 2.62 bits per heavy atom. The number of hydrogen-bond donors (Lipinski definition) is 3. The smallest absolute Gasteiger partial charge is 0.185 e. The molecule has 0 spiro atoms. The van der Waals surface area contributed by atoms with Crippen molar-refractivity contribution in [1.29, 1.82) is 5.26 Å². The maximum atomic E-state index is 9.25. The molecule has 7 nitrogen and oxygen atoms in total. The highest BCUT2D eigenvalue weighted by Crippen LogP contribution is 2.21. The SMILES string of the molecule is N#Cc1c(CCCN=C(N)N)nn(-c2ccccc2)c1N. The molecule has 21 heavy (non-hydrogen) atoms. The van der Waals surface area contributed by atoms with Gasteiger partial charge in [-0.25, -0.2) is 4.68 Å². The lowest BCUT2D eigenvalue weighted by Crippen LogP contribution is -2.23. The number of anilines is 1. The summed E-state index contributed by atoms with van der Waals surface area (Å²) in [6.07, 6.45) is 1.28. The van der Waals surface area contributed by atoms with Crippen LogP contribution in [0.2, 0.25) is 0 Å². The molecule has 1 aromatic heterocycles. The molecule has 0 aliphatic heterocycles. The minimum Gasteiger partial charge on any atom is -0.382 e. The Morgan fingerprint density at radius 1 is 1.29 bits per heavy atom. The first-order chi connectivity index (χ1) is 10.1. The highest BCUT2D eigenvalue weighted by molar-refractivity contribution is 5.75. The van der Waals surface area contributed by atoms with Crippen molar-refractivity contribution in [3.05, 3.63) is 41.6 Å². The van der Waals surface area contributed by atoms with Gasteiger partial charge in [0.25, 0.3) is 0 Å². The number of benzene rings is 1. The molecule has 6 N–H and O–H groups in total. The summed E-state index contributed by atoms with van der Waals surface area (Å²) in [6.45, 7) is 0.491. The first-order valence-corrected chi connectivity index (χ1v) is 6.51. The zero-order valence-electron chi connectivity index (χ0n) is 11.5. The molecule has 1 heterocycles. The van der Waals surface area contributed by atoms with E-state index in [2.05, 4.69) is 16.2 Å². The zero-order valence-corrected chi connectivity index (χ0v) is 11.5. The van der Waals surface area contributed by atoms with Crippen molar-refractivity contribution in [2.24, 2.45) is 16.5 Å². The summed E-state index contributed by atoms with van der Waals surface area (Å²) >= 11 is 0. The van der Waals surface area contributed by atoms with E-state index < -0.39 is 0 Å². The minimum absolute atomic E-state index is 0.0600. The van der Waals surface area contributed by atoms with E-state index in [0.717, 1.165) is 5.69 Å². The van der Waals surface area contributed by atoms with Gasteiger partial charge in [-0.05, 0) is 25.0 Å². The van der Waals surface area contributed by atoms with Crippen molar-refractivity contribution < 1.29 is 0 Å². The average molecular weight is 283 g/mol. The lowest BCUT2D eigenvalue weighted by Gasteiger charge is -2.02. The Bertz CT molecular complexity index is 675. The third-order valence-electron chi connectivity index (χ3n) is 2.97. The highest BCUT2D eigenvalue weighted by atomic mass is 15.3. The Balaban J connectivity index is 2.23. The zero-order chi connectivity index (χ0) is 15.2. The molecular formula is C14H17N7. The fraction of sp³-hybridized carbons (Fsp3) is 0.214. The number of guanidine groups is 1. The van der Waals surface area contributed by atoms with Crippen molar-refractivity contribution in [2.75, 3.05) is 12.3 Å². The van der Waals surface area contributed by atoms with Crippen LogP contribution in [-0.4, -0.2) is 22.3 Å². The molecule has 0 aliphatic carbocycles. The van der Waals surface area contributed by atoms with Gasteiger partial charge in [-0.1, -0.05) is 18.2 Å². The predicted molar refractivity (Wildman–Crippen MR) is 81.7 cm³/mol. The van der Waals surface area contributed by atoms with Crippen molar-refractivity contribution in [3.63, 3.8) is 0 Å². The molecule has 0 atom stereocenters. The van der Waals surface area contributed by atoms with Crippen LogP contribution < -0.4 is 17.2 Å². The van der Waals surface area contributed by atoms with Crippen molar-refractivity contribution >= 4 is 11.8 Å². The fourth-order valence-corrected chi connectivity index (χ4v) is 2.00. The van der Waals surface area contributed by atoms with Gasteiger partial charge in [0.05, 0.1) is 11.4 Å². The second kappa shape index (κ2) is 6.43. The van der Waals surface area contributed by atoms with E-state index >= 15 is 0 Å². The first-order valence-electron chi connectivity index (χ1n) is 6.51. The molecule has 1 aromatic carbocycles. The topological polar surface area (TPSA) is 132 Å². The predicted octanol–water partition coefficient (Wildman–Crippen LogP) is 0.532. The number of aromatic nitrogens is 2. The number of aryl methyl sites for hydroxylation is 1. The molecule has 2 aromatic rings. The molecule has 2 rings (SSSR count). The molecule has 0 saturated heterocycles. The summed E-state index contributed by atoms with van der Waals surface area (Å²) in [5.41, 5.74) is 18.4. The van der Waals surface area contributed by atoms with Crippen LogP contribution in [0, 0.1) is 11.3 Å². The van der Waals surface area contributed by atoms with Gasteiger partial charge in [-0.2, -0.15) is 10.4 Å². The van der Waals surface area contributed by atoms with E-state index in [1.165, 1.54) is 0 Å². The molecule has 0 bridgehead atoms. The van der Waals surface area contributed by atoms with Crippen LogP contribution in [0.25, 0.3) is 5.69 Å². The summed E-state index contributed by atoms with van der Waals surface area (Å²) in [4.78, 5) is 3.91. The van der Waals surface area contributed by atoms with Gasteiger partial charge in [-0.3, -0.25) is 4.99 Å². The first kappa shape index (κ1) is 14.4. The molecule has 7 heteroatoms. The third-order valence-corrected chi connectivity index (χ3v) is 2.97. The maximum absolute atomic E-state index is 9.25. The van der Waals surface area contributed by atoms with Crippen LogP contribution in [0.15, 0.2) is 35.3 Å². The van der Waals surface area contributed by atoms with E-state index in [1.807, 2.05) is 30.3 Å². The number of rotatable bonds is 5. The number of hydrogen-bond acceptors (Lipinski definition) is 4. The van der Waals surface area contributed by atoms with Crippen LogP contribution in [0.4, 0.5) is 5.82 Å². The molecule has 0 saturated carbocycles. The maximum Gasteiger partial charge on any atom is 0.185 e. The summed E-state index contributed by atoms with van der Waals surface area (Å²) in [7, 11) is 0. The van der Waals surface area contributed by atoms with Gasteiger partial charge >= 0.3 is 0 Å². The van der Waals surface area contributed by atoms with Crippen LogP contribution in [0.1, 0.15) is 17.7 Å². The quantitative estimate of drug-likeness (QED) is 0.418. The molecule has 0 aliphatic rings. The van der Waals surface area contributed by atoms with Gasteiger partial charge in [-0.15, -0.1) is 0 Å². The molecule has 0 radical (unpaired) electrons. The number of nitrogens with two attached hydrogens (primary N) is 3. The van der Waals surface area contributed by atoms with Crippen molar-refractivity contribution in [1.82, 2.24) is 9.78 Å². The molecule has 0 amide bonds. The van der Waals surface area contributed by atoms with E-state index in [1.54, 1.807) is 4.68 Å². The number of nitriles is 1. The largest absolute Gasteiger partial charge is 0.382 e. The highest BCUT2D eigenvalue weighted by Gasteiger charge is 2.15. The van der Waals surface area contributed by atoms with Gasteiger partial charge in [0.15, 0.2) is 5.96 Å². The molecule has 0 fully saturated rings. The summed E-state index contributed by atoms with van der Waals surface area (Å²) in [5, 5.41) is 13.7. The standard InChI is InChI=1S/C14H17N7/c15-9-11-12(7-4-8-19-14(17)18)20-21(13(11)16)10-5-2-1-3-6-10/h1-3,5-6H,4,7-8,16H2,(H4,17,18,19). The van der Waals surface area contributed by atoms with Crippen LogP contribution in [0.3, 0.4) is 0 Å². The molecule has 108 valence electrons. The lowest BCUT2D eigenvalue weighted by molar-refractivity contribution is 0.776. The van der Waals surface area contributed by atoms with Crippen molar-refractivity contribution in [3.8, 4) is 11.8 Å². The van der Waals surface area contributed by atoms with Crippen LogP contribution >= 0.6 is 0 Å². The normalized spacial score (nSPS) is 10.0. The van der Waals surface area contributed by atoms with E-state index in [-0.39, 0.29) is 5.96 Å². The number of aliphatic imine (C=N–C) groups is 1. The second-order valence-corrected chi connectivity index (χ2v) is 4.48. The average Bonchev–Trinajstić information content (AvgIpc) is 2.80. The Kier molecular flexibility index (Phi) is 4.41. The number of para-hydroxylation sites is 1. The van der Waals surface area contributed by atoms with E-state index in [4.69, 9.17) is 17.2 Å². The molecule has 0 unspecified atom stereocenters. The minimum atomic E-state index is 0.0600. The van der Waals surface area contributed by atoms with Gasteiger partial charge in [0.1, 0.15) is 17.5 Å². The van der Waals surface area contributed by atoms with Crippen LogP contribution in [-0.2, 0) is 6.42 Å². The summed E-state index contributed by atoms with van der Waals surface area (Å²) < 4.78 is 1.58. The third kappa shape index (κ3) is 3.30.